The number of nitrogens with one attached hydrogen (secondary N) is 2. The Morgan fingerprint density at radius 3 is 2.86 bits per heavy atom. The standard InChI is InChI=1S/C21H22ClN3O2S/c1-2-15(12-6-8-13(22)9-7-12)23-18(26)11-10-17-24-20(27)19-14-4-3-5-16(14)28-21(19)25-17/h6-9,15H,2-5,10-11H2,1H3,(H,23,26)(H,24,25,27)/t15-/m1/s1. The van der Waals surface area contributed by atoms with E-state index in [1.807, 2.05) is 31.2 Å². The Morgan fingerprint density at radius 2 is 2.11 bits per heavy atom. The third-order valence-electron chi connectivity index (χ3n) is 5.23. The molecule has 5 nitrogen and oxygen atoms in total. The molecule has 0 saturated carbocycles. The minimum absolute atomic E-state index is 0.0560. The number of halogens is 1. The number of carbonyl (C=O) groups excluding carboxylic acids is 1. The van der Waals surface area contributed by atoms with Gasteiger partial charge in [-0.3, -0.25) is 9.59 Å². The fourth-order valence-corrected chi connectivity index (χ4v) is 5.19. The zero-order valence-electron chi connectivity index (χ0n) is 15.7. The van der Waals surface area contributed by atoms with Crippen molar-refractivity contribution in [1.82, 2.24) is 15.3 Å². The van der Waals surface area contributed by atoms with Crippen LogP contribution in [0.4, 0.5) is 0 Å². The van der Waals surface area contributed by atoms with Crippen molar-refractivity contribution in [1.29, 1.82) is 0 Å². The lowest BCUT2D eigenvalue weighted by atomic mass is 10.0. The number of hydrogen-bond acceptors (Lipinski definition) is 4. The molecule has 1 atom stereocenters. The van der Waals surface area contributed by atoms with Gasteiger partial charge in [-0.25, -0.2) is 4.98 Å². The molecule has 2 aromatic heterocycles. The molecule has 0 radical (unpaired) electrons. The summed E-state index contributed by atoms with van der Waals surface area (Å²) in [5.41, 5.74) is 2.13. The molecule has 0 fully saturated rings. The molecule has 7 heteroatoms. The molecule has 3 aromatic rings. The average Bonchev–Trinajstić information content (AvgIpc) is 3.26. The number of amides is 1. The molecule has 0 saturated heterocycles. The van der Waals surface area contributed by atoms with E-state index in [9.17, 15) is 9.59 Å². The molecule has 1 amide bonds. The lowest BCUT2D eigenvalue weighted by molar-refractivity contribution is -0.121. The number of aromatic amines is 1. The van der Waals surface area contributed by atoms with Crippen molar-refractivity contribution in [2.75, 3.05) is 0 Å². The van der Waals surface area contributed by atoms with E-state index in [1.54, 1.807) is 11.3 Å². The third kappa shape index (κ3) is 3.84. The van der Waals surface area contributed by atoms with Gasteiger partial charge in [0.05, 0.1) is 11.4 Å². The van der Waals surface area contributed by atoms with Crippen molar-refractivity contribution in [3.63, 3.8) is 0 Å². The number of thiophene rings is 1. The van der Waals surface area contributed by atoms with E-state index in [0.29, 0.717) is 17.3 Å². The van der Waals surface area contributed by atoms with Gasteiger partial charge in [0, 0.05) is 22.7 Å². The first kappa shape index (κ1) is 19.2. The first-order chi connectivity index (χ1) is 13.5. The molecular formula is C21H22ClN3O2S. The maximum Gasteiger partial charge on any atom is 0.259 e. The van der Waals surface area contributed by atoms with E-state index in [1.165, 1.54) is 10.4 Å². The van der Waals surface area contributed by atoms with Gasteiger partial charge in [0.15, 0.2) is 0 Å². The van der Waals surface area contributed by atoms with Crippen molar-refractivity contribution in [2.24, 2.45) is 0 Å². The summed E-state index contributed by atoms with van der Waals surface area (Å²) in [4.78, 5) is 34.5. The van der Waals surface area contributed by atoms with Crippen LogP contribution in [-0.4, -0.2) is 15.9 Å². The normalized spacial score (nSPS) is 14.2. The van der Waals surface area contributed by atoms with Crippen LogP contribution in [-0.2, 0) is 24.1 Å². The van der Waals surface area contributed by atoms with Gasteiger partial charge >= 0.3 is 0 Å². The molecule has 28 heavy (non-hydrogen) atoms. The summed E-state index contributed by atoms with van der Waals surface area (Å²) < 4.78 is 0. The minimum Gasteiger partial charge on any atom is -0.349 e. The number of fused-ring (bicyclic) bond motifs is 3. The Hall–Kier alpha value is -2.18. The van der Waals surface area contributed by atoms with E-state index < -0.39 is 0 Å². The van der Waals surface area contributed by atoms with Gasteiger partial charge in [0.2, 0.25) is 5.91 Å². The maximum atomic E-state index is 12.5. The molecule has 1 aliphatic rings. The second-order valence-corrected chi connectivity index (χ2v) is 8.65. The molecular weight excluding hydrogens is 394 g/mol. The highest BCUT2D eigenvalue weighted by atomic mass is 35.5. The number of carbonyl (C=O) groups is 1. The van der Waals surface area contributed by atoms with Gasteiger partial charge in [0.1, 0.15) is 10.7 Å². The van der Waals surface area contributed by atoms with E-state index in [2.05, 4.69) is 15.3 Å². The largest absolute Gasteiger partial charge is 0.349 e. The molecule has 0 spiro atoms. The van der Waals surface area contributed by atoms with Crippen LogP contribution < -0.4 is 10.9 Å². The zero-order valence-corrected chi connectivity index (χ0v) is 17.3. The highest BCUT2D eigenvalue weighted by molar-refractivity contribution is 7.18. The molecule has 2 N–H and O–H groups in total. The second kappa shape index (κ2) is 8.05. The number of aryl methyl sites for hydroxylation is 3. The Labute approximate surface area is 172 Å². The first-order valence-corrected chi connectivity index (χ1v) is 10.8. The van der Waals surface area contributed by atoms with E-state index in [-0.39, 0.29) is 23.9 Å². The molecule has 0 unspecified atom stereocenters. The Morgan fingerprint density at radius 1 is 1.32 bits per heavy atom. The predicted molar refractivity (Wildman–Crippen MR) is 113 cm³/mol. The maximum absolute atomic E-state index is 12.5. The molecule has 146 valence electrons. The molecule has 0 bridgehead atoms. The molecule has 4 rings (SSSR count). The van der Waals surface area contributed by atoms with Gasteiger partial charge in [0.25, 0.3) is 5.56 Å². The van der Waals surface area contributed by atoms with Crippen molar-refractivity contribution < 1.29 is 4.79 Å². The highest BCUT2D eigenvalue weighted by Crippen LogP contribution is 2.34. The van der Waals surface area contributed by atoms with Crippen molar-refractivity contribution in [3.05, 3.63) is 61.5 Å². The number of aromatic nitrogens is 2. The summed E-state index contributed by atoms with van der Waals surface area (Å²) in [6, 6.07) is 7.46. The van der Waals surface area contributed by atoms with Crippen molar-refractivity contribution in [3.8, 4) is 0 Å². The first-order valence-electron chi connectivity index (χ1n) is 9.63. The van der Waals surface area contributed by atoms with E-state index in [0.717, 1.165) is 41.5 Å². The molecule has 2 heterocycles. The van der Waals surface area contributed by atoms with Crippen LogP contribution in [0.15, 0.2) is 29.1 Å². The topological polar surface area (TPSA) is 74.8 Å². The predicted octanol–water partition coefficient (Wildman–Crippen LogP) is 4.33. The monoisotopic (exact) mass is 415 g/mol. The smallest absolute Gasteiger partial charge is 0.259 e. The molecule has 1 aromatic carbocycles. The Kier molecular flexibility index (Phi) is 5.51. The van der Waals surface area contributed by atoms with Gasteiger partial charge in [-0.05, 0) is 48.9 Å². The fourth-order valence-electron chi connectivity index (χ4n) is 3.78. The lowest BCUT2D eigenvalue weighted by Crippen LogP contribution is -2.28. The Bertz CT molecular complexity index is 1070. The number of benzene rings is 1. The lowest BCUT2D eigenvalue weighted by Gasteiger charge is -2.17. The SMILES string of the molecule is CC[C@@H](NC(=O)CCc1nc2sc3c(c2c(=O)[nH]1)CCC3)c1ccc(Cl)cc1. The summed E-state index contributed by atoms with van der Waals surface area (Å²) >= 11 is 7.56. The fraction of sp³-hybridized carbons (Fsp3) is 0.381. The highest BCUT2D eigenvalue weighted by Gasteiger charge is 2.21. The van der Waals surface area contributed by atoms with Crippen LogP contribution in [0.1, 0.15) is 54.1 Å². The van der Waals surface area contributed by atoms with Crippen LogP contribution >= 0.6 is 22.9 Å². The molecule has 0 aliphatic heterocycles. The van der Waals surface area contributed by atoms with Gasteiger partial charge in [-0.15, -0.1) is 11.3 Å². The third-order valence-corrected chi connectivity index (χ3v) is 6.67. The van der Waals surface area contributed by atoms with Crippen LogP contribution in [0.25, 0.3) is 10.2 Å². The van der Waals surface area contributed by atoms with E-state index >= 15 is 0 Å². The van der Waals surface area contributed by atoms with Gasteiger partial charge in [-0.1, -0.05) is 30.7 Å². The van der Waals surface area contributed by atoms with Crippen LogP contribution in [0, 0.1) is 0 Å². The van der Waals surface area contributed by atoms with Crippen molar-refractivity contribution >= 4 is 39.1 Å². The summed E-state index contributed by atoms with van der Waals surface area (Å²) in [6.07, 6.45) is 4.60. The summed E-state index contributed by atoms with van der Waals surface area (Å²) in [6.45, 7) is 2.03. The van der Waals surface area contributed by atoms with Gasteiger partial charge < -0.3 is 10.3 Å². The number of hydrogen-bond donors (Lipinski definition) is 2. The Balaban J connectivity index is 1.43. The van der Waals surface area contributed by atoms with Gasteiger partial charge in [-0.2, -0.15) is 0 Å². The van der Waals surface area contributed by atoms with Crippen LogP contribution in [0.3, 0.4) is 0 Å². The molecule has 1 aliphatic carbocycles. The number of H-pyrrole nitrogens is 1. The zero-order chi connectivity index (χ0) is 19.7. The summed E-state index contributed by atoms with van der Waals surface area (Å²) in [5.74, 6) is 0.519. The average molecular weight is 416 g/mol. The minimum atomic E-state index is -0.0765. The van der Waals surface area contributed by atoms with E-state index in [4.69, 9.17) is 11.6 Å². The number of nitrogens with zero attached hydrogens (tertiary/aromatic N) is 1. The van der Waals surface area contributed by atoms with Crippen molar-refractivity contribution in [2.45, 2.75) is 51.5 Å². The van der Waals surface area contributed by atoms with Crippen LogP contribution in [0.5, 0.6) is 0 Å². The summed E-state index contributed by atoms with van der Waals surface area (Å²) in [5, 5.41) is 4.48. The quantitative estimate of drug-likeness (QED) is 0.629. The summed E-state index contributed by atoms with van der Waals surface area (Å²) in [7, 11) is 0. The number of rotatable bonds is 6. The van der Waals surface area contributed by atoms with Crippen LogP contribution in [0.2, 0.25) is 5.02 Å². The second-order valence-electron chi connectivity index (χ2n) is 7.13.